The standard InChI is InChI=1S/C2H3.Ce.2ClH/c1-2;;;/h1H,2H2;;2*1H. The Balaban J connectivity index is -0.0000000200. The van der Waals surface area contributed by atoms with Crippen molar-refractivity contribution >= 4 is 24.8 Å². The molecule has 3 heteroatoms. The number of hydrogen-bond acceptors (Lipinski definition) is 0. The van der Waals surface area contributed by atoms with Crippen LogP contribution in [0.15, 0.2) is 8.17 Å². The molecule has 0 heterocycles. The van der Waals surface area contributed by atoms with Crippen LogP contribution in [-0.4, -0.2) is 0 Å². The van der Waals surface area contributed by atoms with Crippen molar-refractivity contribution in [3.05, 3.63) is 8.17 Å². The van der Waals surface area contributed by atoms with Crippen LogP contribution in [0.3, 0.4) is 0 Å². The Morgan fingerprint density at radius 3 is 1.40 bits per heavy atom. The molecule has 0 aromatic carbocycles. The average molecular weight is 240 g/mol. The molecule has 0 aliphatic rings. The molecular weight excluding hydrogens is 235 g/mol. The van der Waals surface area contributed by atoms with E-state index < -0.39 is 0 Å². The summed E-state index contributed by atoms with van der Waals surface area (Å²) in [6, 6.07) is 0. The van der Waals surface area contributed by atoms with Crippen molar-refractivity contribution in [2.24, 2.45) is 0 Å². The van der Waals surface area contributed by atoms with E-state index in [-0.39, 0.29) is 24.8 Å². The molecule has 0 N–H and O–H groups in total. The minimum Gasteiger partial charge on any atom is -0.147 e. The quantitative estimate of drug-likeness (QED) is 0.602. The van der Waals surface area contributed by atoms with Crippen molar-refractivity contribution in [2.75, 3.05) is 0 Å². The molecule has 31 valence electrons. The van der Waals surface area contributed by atoms with Gasteiger partial charge in [0.25, 0.3) is 0 Å². The third-order valence-corrected chi connectivity index (χ3v) is 0. The molecule has 0 aliphatic carbocycles. The first-order chi connectivity index (χ1) is 1.41. The first kappa shape index (κ1) is 15.9. The largest absolute Gasteiger partial charge is 0.147 e. The van der Waals surface area contributed by atoms with Crippen molar-refractivity contribution in [2.45, 2.75) is 0 Å². The predicted octanol–water partition coefficient (Wildman–Crippen LogP) is 1.52. The van der Waals surface area contributed by atoms with Crippen LogP contribution in [0.4, 0.5) is 0 Å². The molecule has 0 saturated heterocycles. The molecule has 0 atom stereocenters. The summed E-state index contributed by atoms with van der Waals surface area (Å²) in [5.74, 6) is 0. The van der Waals surface area contributed by atoms with Gasteiger partial charge in [0.1, 0.15) is 0 Å². The van der Waals surface area contributed by atoms with Gasteiger partial charge >= 0.3 is 47.8 Å². The van der Waals surface area contributed by atoms with Crippen LogP contribution >= 0.6 is 24.8 Å². The van der Waals surface area contributed by atoms with Gasteiger partial charge in [0, 0.05) is 0 Å². The molecule has 0 unspecified atom stereocenters. The van der Waals surface area contributed by atoms with Gasteiger partial charge in [0.15, 0.2) is 0 Å². The maximum Gasteiger partial charge on any atom is -0.147 e. The summed E-state index contributed by atoms with van der Waals surface area (Å²) in [6.07, 6.45) is 0. The average Bonchev–Trinajstić information content (AvgIpc) is 0.918. The maximum absolute atomic E-state index is 3.42. The zero-order valence-corrected chi connectivity index (χ0v) is 7.37. The third kappa shape index (κ3) is 27.0. The Morgan fingerprint density at radius 1 is 1.40 bits per heavy atom. The van der Waals surface area contributed by atoms with Gasteiger partial charge in [-0.15, -0.1) is 24.8 Å². The summed E-state index contributed by atoms with van der Waals surface area (Å²) in [5, 5.41) is 0. The van der Waals surface area contributed by atoms with Crippen molar-refractivity contribution in [3.8, 4) is 0 Å². The van der Waals surface area contributed by atoms with Crippen LogP contribution in [0, 0.1) is 39.6 Å². The molecule has 0 amide bonds. The summed E-state index contributed by atoms with van der Waals surface area (Å²) in [5.41, 5.74) is 0. The topological polar surface area (TPSA) is 0 Å². The molecule has 0 aromatic heterocycles. The van der Waals surface area contributed by atoms with E-state index in [4.69, 9.17) is 0 Å². The Morgan fingerprint density at radius 2 is 1.40 bits per heavy atom. The molecule has 0 spiro atoms. The van der Waals surface area contributed by atoms with Crippen molar-refractivity contribution in [3.63, 3.8) is 0 Å². The molecule has 0 radical (unpaired) electrons. The van der Waals surface area contributed by atoms with Crippen LogP contribution in [-0.2, 0) is 0 Å². The zero-order valence-electron chi connectivity index (χ0n) is 2.60. The molecule has 5 heavy (non-hydrogen) atoms. The van der Waals surface area contributed by atoms with E-state index >= 15 is 0 Å². The third-order valence-electron chi connectivity index (χ3n) is 0. The minimum atomic E-state index is 0. The molecule has 0 rings (SSSR count). The number of rotatable bonds is 0. The van der Waals surface area contributed by atoms with E-state index in [0.717, 1.165) is 39.6 Å². The Labute approximate surface area is 71.5 Å². The number of halogens is 2. The van der Waals surface area contributed by atoms with Crippen LogP contribution < -0.4 is 0 Å². The zero-order chi connectivity index (χ0) is 2.71. The van der Waals surface area contributed by atoms with E-state index in [1.54, 1.807) is 0 Å². The fourth-order valence-corrected chi connectivity index (χ4v) is 0. The van der Waals surface area contributed by atoms with E-state index in [0.29, 0.717) is 0 Å². The SMILES string of the molecule is C=[CH][Ce].Cl.Cl. The van der Waals surface area contributed by atoms with Crippen LogP contribution in [0.5, 0.6) is 0 Å². The van der Waals surface area contributed by atoms with Crippen LogP contribution in [0.1, 0.15) is 0 Å². The van der Waals surface area contributed by atoms with Gasteiger partial charge in [-0.2, -0.15) is 0 Å². The van der Waals surface area contributed by atoms with Gasteiger partial charge in [-0.25, -0.2) is 0 Å². The molecule has 0 fully saturated rings. The van der Waals surface area contributed by atoms with Crippen LogP contribution in [0.2, 0.25) is 0 Å². The fraction of sp³-hybridized carbons (Fsp3) is 0. The first-order valence-electron chi connectivity index (χ1n) is 0.697. The molecule has 0 saturated carbocycles. The fourth-order valence-electron chi connectivity index (χ4n) is 0. The van der Waals surface area contributed by atoms with Gasteiger partial charge in [0.05, 0.1) is 0 Å². The predicted molar refractivity (Wildman–Crippen MR) is 24.7 cm³/mol. The monoisotopic (exact) mass is 239 g/mol. The summed E-state index contributed by atoms with van der Waals surface area (Å²) >= 11 is 1.13. The van der Waals surface area contributed by atoms with Gasteiger partial charge < -0.3 is 0 Å². The van der Waals surface area contributed by atoms with Crippen molar-refractivity contribution in [1.29, 1.82) is 0 Å². The second-order valence-electron chi connectivity index (χ2n) is 0.204. The minimum absolute atomic E-state index is 0. The van der Waals surface area contributed by atoms with Crippen LogP contribution in [0.25, 0.3) is 0 Å². The Kier molecular flexibility index (Phi) is 55.0. The molecule has 0 bridgehead atoms. The van der Waals surface area contributed by atoms with Gasteiger partial charge in [-0.05, 0) is 0 Å². The smallest absolute Gasteiger partial charge is 0.147 e. The summed E-state index contributed by atoms with van der Waals surface area (Å²) in [6.45, 7) is 3.42. The van der Waals surface area contributed by atoms with E-state index in [9.17, 15) is 0 Å². The summed E-state index contributed by atoms with van der Waals surface area (Å²) in [4.78, 5) is 0. The van der Waals surface area contributed by atoms with Gasteiger partial charge in [-0.1, -0.05) is 0 Å². The Hall–Kier alpha value is 1.70. The summed E-state index contributed by atoms with van der Waals surface area (Å²) in [7, 11) is 0. The summed E-state index contributed by atoms with van der Waals surface area (Å²) < 4.78 is 1.89. The first-order valence-corrected chi connectivity index (χ1v) is 2.51. The second-order valence-corrected chi connectivity index (χ2v) is 1.49. The molecule has 0 aromatic rings. The maximum atomic E-state index is 3.42. The van der Waals surface area contributed by atoms with Crippen molar-refractivity contribution < 1.29 is 39.6 Å². The Bertz CT molecular complexity index is 15.1. The molecule has 0 nitrogen and oxygen atoms in total. The molecule has 0 aliphatic heterocycles. The van der Waals surface area contributed by atoms with E-state index in [1.807, 2.05) is 1.59 Å². The van der Waals surface area contributed by atoms with Crippen molar-refractivity contribution in [1.82, 2.24) is 0 Å². The van der Waals surface area contributed by atoms with Gasteiger partial charge in [-0.3, -0.25) is 0 Å². The van der Waals surface area contributed by atoms with E-state index in [1.165, 1.54) is 0 Å². The van der Waals surface area contributed by atoms with Gasteiger partial charge in [0.2, 0.25) is 0 Å². The molecular formula is C2H5CeCl2. The van der Waals surface area contributed by atoms with E-state index in [2.05, 4.69) is 6.58 Å². The number of hydrogen-bond donors (Lipinski definition) is 0. The second kappa shape index (κ2) is 17.3. The normalized spacial score (nSPS) is 2.20.